The molecule has 7 nitrogen and oxygen atoms in total. The van der Waals surface area contributed by atoms with E-state index >= 15 is 0 Å². The summed E-state index contributed by atoms with van der Waals surface area (Å²) in [6.07, 6.45) is 5.01. The number of rotatable bonds is 4. The molecule has 2 rings (SSSR count). The monoisotopic (exact) mass is 284 g/mol. The van der Waals surface area contributed by atoms with E-state index in [-0.39, 0.29) is 11.9 Å². The third kappa shape index (κ3) is 6.67. The Kier molecular flexibility index (Phi) is 9.55. The predicted molar refractivity (Wildman–Crippen MR) is 73.6 cm³/mol. The number of nitro groups is 1. The summed E-state index contributed by atoms with van der Waals surface area (Å²) in [5.41, 5.74) is 0. The molecule has 0 bridgehead atoms. The summed E-state index contributed by atoms with van der Waals surface area (Å²) in [6.45, 7) is 4.38. The molecule has 0 spiro atoms. The lowest BCUT2D eigenvalue weighted by atomic mass is 9.96. The topological polar surface area (TPSA) is 91.6 Å². The molecule has 1 aromatic heterocycles. The molecule has 7 heteroatoms. The number of hydrogen-bond acceptors (Lipinski definition) is 6. The zero-order chi connectivity index (χ0) is 15.4. The molecule has 0 N–H and O–H groups in total. The Bertz CT molecular complexity index is 390. The van der Waals surface area contributed by atoms with Crippen molar-refractivity contribution in [3.63, 3.8) is 0 Å². The first-order chi connectivity index (χ1) is 9.67. The van der Waals surface area contributed by atoms with Crippen LogP contribution in [0.5, 0.6) is 5.75 Å². The molecular formula is C13H20N2O5. The lowest BCUT2D eigenvalue weighted by Gasteiger charge is -2.25. The number of pyridine rings is 1. The van der Waals surface area contributed by atoms with E-state index in [0.717, 1.165) is 12.8 Å². The van der Waals surface area contributed by atoms with Gasteiger partial charge in [-0.25, -0.2) is 0 Å². The van der Waals surface area contributed by atoms with E-state index < -0.39 is 4.92 Å². The molecule has 1 aliphatic rings. The molecule has 1 fully saturated rings. The van der Waals surface area contributed by atoms with Crippen LogP contribution >= 0.6 is 0 Å². The van der Waals surface area contributed by atoms with Crippen LogP contribution in [0, 0.1) is 10.1 Å². The number of methoxy groups -OCH3 is 1. The smallest absolute Gasteiger partial charge is 0.363 e. The first kappa shape index (κ1) is 17.8. The highest BCUT2D eigenvalue weighted by Crippen LogP contribution is 2.25. The van der Waals surface area contributed by atoms with Gasteiger partial charge in [-0.2, -0.15) is 0 Å². The van der Waals surface area contributed by atoms with E-state index in [1.807, 2.05) is 13.8 Å². The minimum absolute atomic E-state index is 0.147. The predicted octanol–water partition coefficient (Wildman–Crippen LogP) is 2.74. The molecule has 20 heavy (non-hydrogen) atoms. The average molecular weight is 284 g/mol. The van der Waals surface area contributed by atoms with E-state index in [4.69, 9.17) is 9.53 Å². The summed E-state index contributed by atoms with van der Waals surface area (Å²) in [5, 5.41) is 10.3. The van der Waals surface area contributed by atoms with Crippen LogP contribution in [-0.2, 0) is 9.53 Å². The van der Waals surface area contributed by atoms with E-state index in [0.29, 0.717) is 12.2 Å². The van der Waals surface area contributed by atoms with Gasteiger partial charge in [-0.15, -0.1) is 0 Å². The fraction of sp³-hybridized carbons (Fsp3) is 0.538. The quantitative estimate of drug-likeness (QED) is 0.479. The first-order valence-corrected chi connectivity index (χ1v) is 6.41. The highest BCUT2D eigenvalue weighted by molar-refractivity contribution is 5.36. The summed E-state index contributed by atoms with van der Waals surface area (Å²) >= 11 is 0. The van der Waals surface area contributed by atoms with E-state index in [1.54, 1.807) is 6.07 Å². The summed E-state index contributed by atoms with van der Waals surface area (Å²) in [7, 11) is 1.31. The molecule has 112 valence electrons. The molecule has 0 aliphatic heterocycles. The standard InChI is InChI=1S/C9H10N2O3.C2H4O2.C2H6/c12-11(13)9-5-4-8(6-10-9)14-7-2-1-3-7;1-4-2-3;1-2/h4-7H,1-3H2;2H,1H3;1-2H3. The Hall–Kier alpha value is -2.18. The van der Waals surface area contributed by atoms with Crippen LogP contribution in [0.15, 0.2) is 18.3 Å². The first-order valence-electron chi connectivity index (χ1n) is 6.41. The Labute approximate surface area is 118 Å². The number of carbonyl (C=O) groups excluding carboxylic acids is 1. The van der Waals surface area contributed by atoms with Gasteiger partial charge in [0.15, 0.2) is 11.9 Å². The lowest BCUT2D eigenvalue weighted by Crippen LogP contribution is -2.24. The van der Waals surface area contributed by atoms with Crippen molar-refractivity contribution in [1.82, 2.24) is 4.98 Å². The molecule has 1 saturated carbocycles. The van der Waals surface area contributed by atoms with Gasteiger partial charge >= 0.3 is 5.82 Å². The average Bonchev–Trinajstić information content (AvgIpc) is 2.46. The Morgan fingerprint density at radius 3 is 2.30 bits per heavy atom. The summed E-state index contributed by atoms with van der Waals surface area (Å²) in [5.74, 6) is 0.464. The van der Waals surface area contributed by atoms with Gasteiger partial charge in [0.1, 0.15) is 0 Å². The van der Waals surface area contributed by atoms with Gasteiger partial charge in [-0.3, -0.25) is 4.79 Å². The number of hydrogen-bond donors (Lipinski definition) is 0. The number of carbonyl (C=O) groups is 1. The van der Waals surface area contributed by atoms with E-state index in [9.17, 15) is 10.1 Å². The molecule has 0 radical (unpaired) electrons. The van der Waals surface area contributed by atoms with Crippen molar-refractivity contribution in [1.29, 1.82) is 0 Å². The number of nitrogens with zero attached hydrogens (tertiary/aromatic N) is 2. The molecule has 0 amide bonds. The normalized spacial score (nSPS) is 12.6. The van der Waals surface area contributed by atoms with Crippen molar-refractivity contribution in [3.05, 3.63) is 28.4 Å². The van der Waals surface area contributed by atoms with Crippen LogP contribution < -0.4 is 4.74 Å². The second-order valence-electron chi connectivity index (χ2n) is 3.61. The molecule has 0 saturated heterocycles. The van der Waals surface area contributed by atoms with E-state index in [1.165, 1.54) is 25.8 Å². The third-order valence-electron chi connectivity index (χ3n) is 2.36. The van der Waals surface area contributed by atoms with Crippen LogP contribution in [0.3, 0.4) is 0 Å². The van der Waals surface area contributed by atoms with Crippen molar-refractivity contribution in [2.45, 2.75) is 39.2 Å². The molecule has 1 aromatic rings. The van der Waals surface area contributed by atoms with Crippen molar-refractivity contribution >= 4 is 12.3 Å². The number of ether oxygens (including phenoxy) is 2. The van der Waals surface area contributed by atoms with Crippen LogP contribution in [0.4, 0.5) is 5.82 Å². The second kappa shape index (κ2) is 10.7. The van der Waals surface area contributed by atoms with Crippen molar-refractivity contribution in [2.75, 3.05) is 7.11 Å². The molecular weight excluding hydrogens is 264 g/mol. The van der Waals surface area contributed by atoms with E-state index in [2.05, 4.69) is 9.72 Å². The van der Waals surface area contributed by atoms with Crippen molar-refractivity contribution < 1.29 is 19.2 Å². The van der Waals surface area contributed by atoms with Gasteiger partial charge in [0, 0.05) is 6.07 Å². The summed E-state index contributed by atoms with van der Waals surface area (Å²) < 4.78 is 9.36. The van der Waals surface area contributed by atoms with Gasteiger partial charge in [0.2, 0.25) is 0 Å². The van der Waals surface area contributed by atoms with Gasteiger partial charge in [0.25, 0.3) is 6.47 Å². The Morgan fingerprint density at radius 1 is 1.40 bits per heavy atom. The molecule has 0 atom stereocenters. The van der Waals surface area contributed by atoms with Gasteiger partial charge in [-0.05, 0) is 35.2 Å². The SMILES string of the molecule is CC.COC=O.O=[N+]([O-])c1ccc(OC2CCC2)cn1. The summed E-state index contributed by atoms with van der Waals surface area (Å²) in [6, 6.07) is 2.94. The molecule has 0 unspecified atom stereocenters. The minimum atomic E-state index is -0.521. The van der Waals surface area contributed by atoms with Crippen LogP contribution in [-0.4, -0.2) is 29.6 Å². The minimum Gasteiger partial charge on any atom is -0.486 e. The highest BCUT2D eigenvalue weighted by atomic mass is 16.6. The van der Waals surface area contributed by atoms with Crippen LogP contribution in [0.2, 0.25) is 0 Å². The van der Waals surface area contributed by atoms with Gasteiger partial charge in [0.05, 0.1) is 13.2 Å². The zero-order valence-electron chi connectivity index (χ0n) is 11.9. The molecule has 1 heterocycles. The zero-order valence-corrected chi connectivity index (χ0v) is 11.9. The maximum absolute atomic E-state index is 10.3. The Balaban J connectivity index is 0.000000521. The number of aromatic nitrogens is 1. The maximum Gasteiger partial charge on any atom is 0.363 e. The van der Waals surface area contributed by atoms with Crippen molar-refractivity contribution in [2.24, 2.45) is 0 Å². The Morgan fingerprint density at radius 2 is 2.00 bits per heavy atom. The third-order valence-corrected chi connectivity index (χ3v) is 2.36. The van der Waals surface area contributed by atoms with Gasteiger partial charge < -0.3 is 19.6 Å². The summed E-state index contributed by atoms with van der Waals surface area (Å²) in [4.78, 5) is 22.4. The maximum atomic E-state index is 10.3. The fourth-order valence-corrected chi connectivity index (χ4v) is 1.23. The fourth-order valence-electron chi connectivity index (χ4n) is 1.23. The lowest BCUT2D eigenvalue weighted by molar-refractivity contribution is -0.389. The highest BCUT2D eigenvalue weighted by Gasteiger charge is 2.19. The van der Waals surface area contributed by atoms with Gasteiger partial charge in [-0.1, -0.05) is 13.8 Å². The van der Waals surface area contributed by atoms with Crippen LogP contribution in [0.25, 0.3) is 0 Å². The van der Waals surface area contributed by atoms with Crippen molar-refractivity contribution in [3.8, 4) is 5.75 Å². The molecule has 1 aliphatic carbocycles. The van der Waals surface area contributed by atoms with Crippen LogP contribution in [0.1, 0.15) is 33.1 Å². The molecule has 0 aromatic carbocycles. The second-order valence-corrected chi connectivity index (χ2v) is 3.61. The largest absolute Gasteiger partial charge is 0.486 e.